The molecule has 1 aromatic carbocycles. The third kappa shape index (κ3) is 2.63. The first kappa shape index (κ1) is 16.5. The predicted octanol–water partition coefficient (Wildman–Crippen LogP) is 0.976. The van der Waals surface area contributed by atoms with E-state index >= 15 is 0 Å². The molecule has 0 unspecified atom stereocenters. The van der Waals surface area contributed by atoms with Crippen LogP contribution in [0.1, 0.15) is 24.2 Å². The molecule has 3 N–H and O–H groups in total. The molecule has 0 aliphatic heterocycles. The van der Waals surface area contributed by atoms with Crippen LogP contribution in [0.3, 0.4) is 0 Å². The number of carbonyl (C=O) groups excluding carboxylic acids is 1. The van der Waals surface area contributed by atoms with Crippen molar-refractivity contribution in [2.45, 2.75) is 19.4 Å². The van der Waals surface area contributed by atoms with Crippen LogP contribution >= 0.6 is 0 Å². The summed E-state index contributed by atoms with van der Waals surface area (Å²) in [4.78, 5) is 35.6. The summed E-state index contributed by atoms with van der Waals surface area (Å²) < 4.78 is 15.0. The van der Waals surface area contributed by atoms with Crippen LogP contribution in [0.15, 0.2) is 23.0 Å². The quantitative estimate of drug-likeness (QED) is 0.780. The molecule has 7 nitrogen and oxygen atoms in total. The van der Waals surface area contributed by atoms with Gasteiger partial charge >= 0.3 is 5.97 Å². The summed E-state index contributed by atoms with van der Waals surface area (Å²) in [5.74, 6) is -4.04. The van der Waals surface area contributed by atoms with E-state index in [4.69, 9.17) is 5.11 Å². The van der Waals surface area contributed by atoms with E-state index in [1.165, 1.54) is 33.0 Å². The number of halogens is 1. The van der Waals surface area contributed by atoms with E-state index in [2.05, 4.69) is 5.32 Å². The number of carbonyl (C=O) groups is 2. The van der Waals surface area contributed by atoms with Crippen molar-refractivity contribution in [1.82, 2.24) is 9.88 Å². The Morgan fingerprint density at radius 1 is 1.30 bits per heavy atom. The number of aliphatic carboxylic acids is 1. The second kappa shape index (κ2) is 5.38. The Balaban J connectivity index is 2.71. The second-order valence-corrected chi connectivity index (χ2v) is 5.61. The fraction of sp³-hybridized carbons (Fsp3) is 0.267. The van der Waals surface area contributed by atoms with Crippen molar-refractivity contribution in [2.75, 3.05) is 0 Å². The Kier molecular flexibility index (Phi) is 3.85. The zero-order valence-corrected chi connectivity index (χ0v) is 12.7. The number of hydrogen-bond acceptors (Lipinski definition) is 4. The SMILES string of the molecule is Cn1c(=O)c(C(=O)NC(C)(C)C(=O)O)c(O)c2c(F)cccc21. The van der Waals surface area contributed by atoms with E-state index in [1.54, 1.807) is 0 Å². The number of aromatic hydroxyl groups is 1. The molecular weight excluding hydrogens is 307 g/mol. The van der Waals surface area contributed by atoms with Crippen molar-refractivity contribution >= 4 is 22.8 Å². The molecule has 122 valence electrons. The van der Waals surface area contributed by atoms with E-state index in [0.29, 0.717) is 0 Å². The normalized spacial score (nSPS) is 11.5. The Labute approximate surface area is 130 Å². The zero-order valence-electron chi connectivity index (χ0n) is 12.7. The van der Waals surface area contributed by atoms with Gasteiger partial charge in [-0.05, 0) is 26.0 Å². The molecule has 23 heavy (non-hydrogen) atoms. The third-order valence-electron chi connectivity index (χ3n) is 3.53. The van der Waals surface area contributed by atoms with Gasteiger partial charge in [0.2, 0.25) is 0 Å². The first-order chi connectivity index (χ1) is 10.6. The van der Waals surface area contributed by atoms with Crippen molar-refractivity contribution in [3.05, 3.63) is 39.9 Å². The number of nitrogens with one attached hydrogen (secondary N) is 1. The Bertz CT molecular complexity index is 886. The fourth-order valence-electron chi connectivity index (χ4n) is 2.13. The standard InChI is InChI=1S/C15H15FN2O5/c1-15(2,14(22)23)17-12(20)10-11(19)9-7(16)5-4-6-8(9)18(3)13(10)21/h4-6,19H,1-3H3,(H,17,20)(H,22,23). The molecule has 1 aromatic heterocycles. The molecule has 2 aromatic rings. The Hall–Kier alpha value is -2.90. The summed E-state index contributed by atoms with van der Waals surface area (Å²) in [6.45, 7) is 2.44. The first-order valence-corrected chi connectivity index (χ1v) is 6.64. The largest absolute Gasteiger partial charge is 0.506 e. The number of benzene rings is 1. The summed E-state index contributed by atoms with van der Waals surface area (Å²) >= 11 is 0. The maximum atomic E-state index is 14.0. The number of hydrogen-bond donors (Lipinski definition) is 3. The first-order valence-electron chi connectivity index (χ1n) is 6.64. The van der Waals surface area contributed by atoms with Gasteiger partial charge in [-0.25, -0.2) is 9.18 Å². The molecule has 0 bridgehead atoms. The highest BCUT2D eigenvalue weighted by atomic mass is 19.1. The number of nitrogens with zero attached hydrogens (tertiary/aromatic N) is 1. The number of aromatic nitrogens is 1. The van der Waals surface area contributed by atoms with E-state index in [0.717, 1.165) is 10.6 Å². The minimum Gasteiger partial charge on any atom is -0.506 e. The van der Waals surface area contributed by atoms with Crippen molar-refractivity contribution < 1.29 is 24.2 Å². The molecule has 2 rings (SSSR count). The van der Waals surface area contributed by atoms with Gasteiger partial charge in [0.25, 0.3) is 11.5 Å². The summed E-state index contributed by atoms with van der Waals surface area (Å²) in [5, 5.41) is 21.1. The number of pyridine rings is 1. The average molecular weight is 322 g/mol. The summed E-state index contributed by atoms with van der Waals surface area (Å²) in [6.07, 6.45) is 0. The van der Waals surface area contributed by atoms with Crippen molar-refractivity contribution in [1.29, 1.82) is 0 Å². The van der Waals surface area contributed by atoms with Crippen LogP contribution in [-0.2, 0) is 11.8 Å². The van der Waals surface area contributed by atoms with Crippen molar-refractivity contribution in [2.24, 2.45) is 7.05 Å². The van der Waals surface area contributed by atoms with Gasteiger partial charge in [-0.2, -0.15) is 0 Å². The van der Waals surface area contributed by atoms with E-state index in [-0.39, 0.29) is 10.9 Å². The molecule has 0 fully saturated rings. The molecular formula is C15H15FN2O5. The molecule has 8 heteroatoms. The van der Waals surface area contributed by atoms with Crippen LogP contribution in [0.2, 0.25) is 0 Å². The maximum absolute atomic E-state index is 14.0. The molecule has 0 saturated carbocycles. The summed E-state index contributed by atoms with van der Waals surface area (Å²) in [5.41, 5.74) is -3.13. The fourth-order valence-corrected chi connectivity index (χ4v) is 2.13. The highest BCUT2D eigenvalue weighted by Crippen LogP contribution is 2.28. The van der Waals surface area contributed by atoms with Gasteiger partial charge in [0.15, 0.2) is 0 Å². The molecule has 0 saturated heterocycles. The Morgan fingerprint density at radius 3 is 2.48 bits per heavy atom. The molecule has 0 atom stereocenters. The van der Waals surface area contributed by atoms with Gasteiger partial charge in [-0.1, -0.05) is 6.07 Å². The van der Waals surface area contributed by atoms with Crippen molar-refractivity contribution in [3.8, 4) is 5.75 Å². The van der Waals surface area contributed by atoms with Crippen LogP contribution in [0.5, 0.6) is 5.75 Å². The lowest BCUT2D eigenvalue weighted by molar-refractivity contribution is -0.143. The number of aryl methyl sites for hydroxylation is 1. The zero-order chi connectivity index (χ0) is 17.5. The van der Waals surface area contributed by atoms with E-state index in [9.17, 15) is 23.9 Å². The minimum atomic E-state index is -1.67. The molecule has 0 spiro atoms. The highest BCUT2D eigenvalue weighted by Gasteiger charge is 2.32. The molecule has 0 aliphatic rings. The number of amides is 1. The van der Waals surface area contributed by atoms with Gasteiger partial charge in [0.1, 0.15) is 22.7 Å². The lowest BCUT2D eigenvalue weighted by Crippen LogP contribution is -2.50. The van der Waals surface area contributed by atoms with Gasteiger partial charge in [0, 0.05) is 7.05 Å². The third-order valence-corrected chi connectivity index (χ3v) is 3.53. The summed E-state index contributed by atoms with van der Waals surface area (Å²) in [6, 6.07) is 3.86. The van der Waals surface area contributed by atoms with E-state index in [1.807, 2.05) is 0 Å². The van der Waals surface area contributed by atoms with Crippen LogP contribution in [-0.4, -0.2) is 32.2 Å². The lowest BCUT2D eigenvalue weighted by Gasteiger charge is -2.21. The van der Waals surface area contributed by atoms with E-state index < -0.39 is 40.1 Å². The van der Waals surface area contributed by atoms with Crippen LogP contribution < -0.4 is 10.9 Å². The van der Waals surface area contributed by atoms with Crippen LogP contribution in [0.25, 0.3) is 10.9 Å². The highest BCUT2D eigenvalue weighted by molar-refractivity contribution is 6.04. The molecule has 0 radical (unpaired) electrons. The van der Waals surface area contributed by atoms with Crippen LogP contribution in [0.4, 0.5) is 4.39 Å². The predicted molar refractivity (Wildman–Crippen MR) is 80.0 cm³/mol. The average Bonchev–Trinajstić information content (AvgIpc) is 2.44. The Morgan fingerprint density at radius 2 is 1.91 bits per heavy atom. The van der Waals surface area contributed by atoms with Gasteiger partial charge in [-0.3, -0.25) is 9.59 Å². The number of carboxylic acids is 1. The van der Waals surface area contributed by atoms with Crippen LogP contribution in [0, 0.1) is 5.82 Å². The topological polar surface area (TPSA) is 109 Å². The molecule has 1 amide bonds. The van der Waals surface area contributed by atoms with Gasteiger partial charge in [0.05, 0.1) is 10.9 Å². The number of carboxylic acid groups (broad SMARTS) is 1. The second-order valence-electron chi connectivity index (χ2n) is 5.61. The number of fused-ring (bicyclic) bond motifs is 1. The van der Waals surface area contributed by atoms with Gasteiger partial charge < -0.3 is 20.1 Å². The lowest BCUT2D eigenvalue weighted by atomic mass is 10.0. The number of rotatable bonds is 3. The molecule has 1 heterocycles. The van der Waals surface area contributed by atoms with Gasteiger partial charge in [-0.15, -0.1) is 0 Å². The maximum Gasteiger partial charge on any atom is 0.328 e. The summed E-state index contributed by atoms with van der Waals surface area (Å²) in [7, 11) is 1.32. The monoisotopic (exact) mass is 322 g/mol. The minimum absolute atomic E-state index is 0.113. The van der Waals surface area contributed by atoms with Crippen molar-refractivity contribution in [3.63, 3.8) is 0 Å². The molecule has 0 aliphatic carbocycles. The smallest absolute Gasteiger partial charge is 0.328 e.